The number of carbonyl (C=O) groups is 1. The Hall–Kier alpha value is -1.72. The van der Waals surface area contributed by atoms with E-state index < -0.39 is 23.2 Å². The third-order valence-electron chi connectivity index (χ3n) is 2.96. The summed E-state index contributed by atoms with van der Waals surface area (Å²) in [6, 6.07) is 3.84. The van der Waals surface area contributed by atoms with E-state index in [9.17, 15) is 18.0 Å². The first-order chi connectivity index (χ1) is 8.14. The van der Waals surface area contributed by atoms with Crippen LogP contribution in [0.5, 0.6) is 0 Å². The van der Waals surface area contributed by atoms with Crippen LogP contribution in [0.1, 0.15) is 19.4 Å². The topological polar surface area (TPSA) is 32.3 Å². The first kappa shape index (κ1) is 12.7. The van der Waals surface area contributed by atoms with Gasteiger partial charge >= 0.3 is 6.18 Å². The van der Waals surface area contributed by atoms with Crippen molar-refractivity contribution in [3.8, 4) is 0 Å². The SMILES string of the molecule is CN1C(=O)C(C)(C)Nc2cccc(C(F)(F)F)c21. The molecule has 0 aromatic heterocycles. The lowest BCUT2D eigenvalue weighted by Gasteiger charge is -2.39. The molecule has 1 aromatic rings. The molecule has 0 aliphatic carbocycles. The molecule has 2 rings (SSSR count). The van der Waals surface area contributed by atoms with Crippen molar-refractivity contribution in [2.45, 2.75) is 25.6 Å². The number of alkyl halides is 3. The van der Waals surface area contributed by atoms with E-state index in [1.807, 2.05) is 0 Å². The monoisotopic (exact) mass is 258 g/mol. The molecule has 18 heavy (non-hydrogen) atoms. The van der Waals surface area contributed by atoms with Crippen LogP contribution in [0.15, 0.2) is 18.2 Å². The molecule has 0 atom stereocenters. The van der Waals surface area contributed by atoms with Crippen LogP contribution in [-0.2, 0) is 11.0 Å². The second-order valence-corrected chi connectivity index (χ2v) is 4.81. The zero-order chi connectivity index (χ0) is 13.7. The highest BCUT2D eigenvalue weighted by molar-refractivity contribution is 6.07. The Kier molecular flexibility index (Phi) is 2.57. The van der Waals surface area contributed by atoms with Gasteiger partial charge in [0.15, 0.2) is 0 Å². The minimum absolute atomic E-state index is 0.116. The quantitative estimate of drug-likeness (QED) is 0.776. The van der Waals surface area contributed by atoms with Crippen molar-refractivity contribution in [1.82, 2.24) is 0 Å². The van der Waals surface area contributed by atoms with Gasteiger partial charge in [0.25, 0.3) is 5.91 Å². The Morgan fingerprint density at radius 1 is 1.28 bits per heavy atom. The first-order valence-corrected chi connectivity index (χ1v) is 5.41. The standard InChI is InChI=1S/C12H13F3N2O/c1-11(2)10(18)17(3)9-7(12(13,14)15)5-4-6-8(9)16-11/h4-6,16H,1-3H3. The second-order valence-electron chi connectivity index (χ2n) is 4.81. The van der Waals surface area contributed by atoms with Gasteiger partial charge in [-0.2, -0.15) is 13.2 Å². The average Bonchev–Trinajstić information content (AvgIpc) is 2.23. The number of halogens is 3. The summed E-state index contributed by atoms with van der Waals surface area (Å²) in [6.45, 7) is 3.27. The number of likely N-dealkylation sites (N-methyl/N-ethyl adjacent to an activating group) is 1. The van der Waals surface area contributed by atoms with E-state index in [0.717, 1.165) is 11.0 Å². The fraction of sp³-hybridized carbons (Fsp3) is 0.417. The lowest BCUT2D eigenvalue weighted by atomic mass is 9.96. The average molecular weight is 258 g/mol. The van der Waals surface area contributed by atoms with Gasteiger partial charge in [0.1, 0.15) is 5.54 Å². The third-order valence-corrected chi connectivity index (χ3v) is 2.96. The number of hydrogen-bond donors (Lipinski definition) is 1. The van der Waals surface area contributed by atoms with Crippen LogP contribution in [0.4, 0.5) is 24.5 Å². The van der Waals surface area contributed by atoms with Gasteiger partial charge < -0.3 is 10.2 Å². The maximum atomic E-state index is 12.9. The first-order valence-electron chi connectivity index (χ1n) is 5.41. The molecule has 0 unspecified atom stereocenters. The summed E-state index contributed by atoms with van der Waals surface area (Å²) >= 11 is 0. The molecule has 6 heteroatoms. The number of fused-ring (bicyclic) bond motifs is 1. The highest BCUT2D eigenvalue weighted by atomic mass is 19.4. The molecule has 0 spiro atoms. The minimum Gasteiger partial charge on any atom is -0.370 e. The normalized spacial score (nSPS) is 18.3. The number of para-hydroxylation sites is 1. The summed E-state index contributed by atoms with van der Waals surface area (Å²) in [5, 5.41) is 2.84. The molecule has 0 fully saturated rings. The molecule has 3 nitrogen and oxygen atoms in total. The van der Waals surface area contributed by atoms with Gasteiger partial charge in [-0.25, -0.2) is 0 Å². The molecule has 1 aliphatic rings. The fourth-order valence-electron chi connectivity index (χ4n) is 2.15. The van der Waals surface area contributed by atoms with Crippen molar-refractivity contribution in [1.29, 1.82) is 0 Å². The third kappa shape index (κ3) is 1.81. The van der Waals surface area contributed by atoms with Gasteiger partial charge in [0.05, 0.1) is 16.9 Å². The van der Waals surface area contributed by atoms with E-state index in [1.54, 1.807) is 13.8 Å². The summed E-state index contributed by atoms with van der Waals surface area (Å²) in [6.07, 6.45) is -4.48. The van der Waals surface area contributed by atoms with Gasteiger partial charge in [-0.1, -0.05) is 6.07 Å². The fourth-order valence-corrected chi connectivity index (χ4v) is 2.15. The van der Waals surface area contributed by atoms with Crippen molar-refractivity contribution >= 4 is 17.3 Å². The highest BCUT2D eigenvalue weighted by Crippen LogP contribution is 2.43. The number of benzene rings is 1. The molecular weight excluding hydrogens is 245 g/mol. The van der Waals surface area contributed by atoms with Crippen LogP contribution >= 0.6 is 0 Å². The van der Waals surface area contributed by atoms with Crippen LogP contribution in [0.2, 0.25) is 0 Å². The number of anilines is 2. The molecule has 0 saturated heterocycles. The number of carbonyl (C=O) groups excluding carboxylic acids is 1. The Morgan fingerprint density at radius 2 is 1.89 bits per heavy atom. The van der Waals surface area contributed by atoms with Crippen molar-refractivity contribution < 1.29 is 18.0 Å². The molecule has 98 valence electrons. The van der Waals surface area contributed by atoms with E-state index in [1.165, 1.54) is 19.2 Å². The van der Waals surface area contributed by atoms with Gasteiger partial charge in [0, 0.05) is 7.05 Å². The number of nitrogens with one attached hydrogen (secondary N) is 1. The minimum atomic E-state index is -4.48. The molecule has 1 aromatic carbocycles. The summed E-state index contributed by atoms with van der Waals surface area (Å²) in [5.41, 5.74) is -1.52. The Bertz CT molecular complexity index is 509. The molecule has 1 N–H and O–H groups in total. The summed E-state index contributed by atoms with van der Waals surface area (Å²) < 4.78 is 38.7. The lowest BCUT2D eigenvalue weighted by molar-refractivity contribution is -0.137. The zero-order valence-electron chi connectivity index (χ0n) is 10.2. The lowest BCUT2D eigenvalue weighted by Crippen LogP contribution is -2.52. The van der Waals surface area contributed by atoms with Gasteiger partial charge in [-0.15, -0.1) is 0 Å². The molecule has 0 bridgehead atoms. The number of amides is 1. The zero-order valence-corrected chi connectivity index (χ0v) is 10.2. The smallest absolute Gasteiger partial charge is 0.370 e. The van der Waals surface area contributed by atoms with Crippen molar-refractivity contribution in [2.75, 3.05) is 17.3 Å². The summed E-state index contributed by atoms with van der Waals surface area (Å²) in [5.74, 6) is -0.397. The molecular formula is C12H13F3N2O. The maximum Gasteiger partial charge on any atom is 0.418 e. The Balaban J connectivity index is 2.65. The van der Waals surface area contributed by atoms with Gasteiger partial charge in [0.2, 0.25) is 0 Å². The van der Waals surface area contributed by atoms with Crippen LogP contribution in [0.25, 0.3) is 0 Å². The van der Waals surface area contributed by atoms with E-state index in [2.05, 4.69) is 5.32 Å². The van der Waals surface area contributed by atoms with E-state index in [0.29, 0.717) is 5.69 Å². The van der Waals surface area contributed by atoms with E-state index >= 15 is 0 Å². The molecule has 0 saturated carbocycles. The Morgan fingerprint density at radius 3 is 2.44 bits per heavy atom. The van der Waals surface area contributed by atoms with Crippen LogP contribution in [0, 0.1) is 0 Å². The van der Waals surface area contributed by atoms with Crippen LogP contribution in [0.3, 0.4) is 0 Å². The van der Waals surface area contributed by atoms with Crippen LogP contribution in [-0.4, -0.2) is 18.5 Å². The maximum absolute atomic E-state index is 12.9. The number of rotatable bonds is 0. The van der Waals surface area contributed by atoms with E-state index in [4.69, 9.17) is 0 Å². The second kappa shape index (κ2) is 3.63. The van der Waals surface area contributed by atoms with Crippen molar-refractivity contribution in [2.24, 2.45) is 0 Å². The molecule has 1 amide bonds. The van der Waals surface area contributed by atoms with Crippen LogP contribution < -0.4 is 10.2 Å². The van der Waals surface area contributed by atoms with Gasteiger partial charge in [-0.05, 0) is 26.0 Å². The van der Waals surface area contributed by atoms with Crippen molar-refractivity contribution in [3.05, 3.63) is 23.8 Å². The van der Waals surface area contributed by atoms with Gasteiger partial charge in [-0.3, -0.25) is 4.79 Å². The number of nitrogens with zero attached hydrogens (tertiary/aromatic N) is 1. The Labute approximate surface area is 103 Å². The predicted molar refractivity (Wildman–Crippen MR) is 62.6 cm³/mol. The molecule has 1 heterocycles. The summed E-state index contributed by atoms with van der Waals surface area (Å²) in [7, 11) is 1.36. The largest absolute Gasteiger partial charge is 0.418 e. The summed E-state index contributed by atoms with van der Waals surface area (Å²) in [4.78, 5) is 13.0. The van der Waals surface area contributed by atoms with E-state index in [-0.39, 0.29) is 5.69 Å². The van der Waals surface area contributed by atoms with Crippen molar-refractivity contribution in [3.63, 3.8) is 0 Å². The predicted octanol–water partition coefficient (Wildman–Crippen LogP) is 2.87. The highest BCUT2D eigenvalue weighted by Gasteiger charge is 2.42. The molecule has 0 radical (unpaired) electrons. The number of hydrogen-bond acceptors (Lipinski definition) is 2. The molecule has 1 aliphatic heterocycles.